The molecule has 2 aromatic heterocycles. The van der Waals surface area contributed by atoms with Gasteiger partial charge in [0.2, 0.25) is 0 Å². The number of thioether (sulfide) groups is 1. The lowest BCUT2D eigenvalue weighted by molar-refractivity contribution is -0.141. The molecule has 0 amide bonds. The maximum atomic E-state index is 12.0. The van der Waals surface area contributed by atoms with Gasteiger partial charge in [0.1, 0.15) is 6.61 Å². The Balaban J connectivity index is 1.59. The van der Waals surface area contributed by atoms with Crippen molar-refractivity contribution in [1.82, 2.24) is 19.9 Å². The molecule has 6 nitrogen and oxygen atoms in total. The number of para-hydroxylation sites is 2. The normalized spacial score (nSPS) is 10.8. The molecule has 0 saturated heterocycles. The molecule has 0 aliphatic rings. The molecule has 0 spiro atoms. The monoisotopic (exact) mass is 354 g/mol. The fourth-order valence-electron chi connectivity index (χ4n) is 2.33. The lowest BCUT2D eigenvalue weighted by Crippen LogP contribution is -2.10. The molecule has 0 N–H and O–H groups in total. The van der Waals surface area contributed by atoms with E-state index in [1.807, 2.05) is 51.1 Å². The van der Waals surface area contributed by atoms with Crippen LogP contribution in [0.1, 0.15) is 22.8 Å². The van der Waals surface area contributed by atoms with Crippen LogP contribution in [0.2, 0.25) is 0 Å². The Morgan fingerprint density at radius 1 is 1.00 bits per heavy atom. The first-order chi connectivity index (χ1) is 12.0. The van der Waals surface area contributed by atoms with Gasteiger partial charge in [-0.2, -0.15) is 0 Å². The fourth-order valence-corrected chi connectivity index (χ4v) is 3.08. The third-order valence-corrected chi connectivity index (χ3v) is 4.31. The van der Waals surface area contributed by atoms with Gasteiger partial charge in [0.05, 0.1) is 28.2 Å². The van der Waals surface area contributed by atoms with Crippen molar-refractivity contribution in [3.05, 3.63) is 53.1 Å². The van der Waals surface area contributed by atoms with Crippen LogP contribution < -0.4 is 0 Å². The van der Waals surface area contributed by atoms with Crippen molar-refractivity contribution >= 4 is 28.8 Å². The zero-order chi connectivity index (χ0) is 17.8. The van der Waals surface area contributed by atoms with E-state index in [-0.39, 0.29) is 18.3 Å². The Labute approximate surface area is 150 Å². The summed E-state index contributed by atoms with van der Waals surface area (Å²) in [6.45, 7) is 5.77. The summed E-state index contributed by atoms with van der Waals surface area (Å²) in [5.41, 5.74) is 4.81. The van der Waals surface area contributed by atoms with E-state index in [0.717, 1.165) is 28.1 Å². The first-order valence-electron chi connectivity index (χ1n) is 7.84. The number of ether oxygens (including phenoxy) is 1. The molecule has 0 bridgehead atoms. The summed E-state index contributed by atoms with van der Waals surface area (Å²) in [4.78, 5) is 29.6. The highest BCUT2D eigenvalue weighted by molar-refractivity contribution is 7.99. The predicted molar refractivity (Wildman–Crippen MR) is 96.3 cm³/mol. The molecule has 0 radical (unpaired) electrons. The van der Waals surface area contributed by atoms with Crippen LogP contribution >= 0.6 is 11.8 Å². The molecular weight excluding hydrogens is 336 g/mol. The highest BCUT2D eigenvalue weighted by atomic mass is 32.2. The van der Waals surface area contributed by atoms with E-state index in [1.165, 1.54) is 11.8 Å². The minimum atomic E-state index is -0.331. The predicted octanol–water partition coefficient (Wildman–Crippen LogP) is 3.18. The fraction of sp³-hybridized carbons (Fsp3) is 0.278. The van der Waals surface area contributed by atoms with Gasteiger partial charge >= 0.3 is 5.97 Å². The Kier molecular flexibility index (Phi) is 5.23. The number of benzene rings is 1. The number of carbonyl (C=O) groups excluding carboxylic acids is 1. The standard InChI is InChI=1S/C18H18N4O2S/c1-11-8-12(2)20-18(19-11)25-10-17(23)24-9-16-13(3)21-14-6-4-5-7-15(14)22-16/h4-8H,9-10H2,1-3H3. The zero-order valence-electron chi connectivity index (χ0n) is 14.3. The number of nitrogens with zero attached hydrogens (tertiary/aromatic N) is 4. The molecule has 128 valence electrons. The maximum Gasteiger partial charge on any atom is 0.316 e. The van der Waals surface area contributed by atoms with E-state index in [4.69, 9.17) is 4.74 Å². The molecule has 1 aromatic carbocycles. The van der Waals surface area contributed by atoms with Gasteiger partial charge in [-0.15, -0.1) is 0 Å². The van der Waals surface area contributed by atoms with E-state index >= 15 is 0 Å². The lowest BCUT2D eigenvalue weighted by atomic mass is 10.2. The number of hydrogen-bond acceptors (Lipinski definition) is 7. The van der Waals surface area contributed by atoms with Crippen molar-refractivity contribution in [2.24, 2.45) is 0 Å². The number of hydrogen-bond donors (Lipinski definition) is 0. The lowest BCUT2D eigenvalue weighted by Gasteiger charge is -2.08. The molecular formula is C18H18N4O2S. The zero-order valence-corrected chi connectivity index (χ0v) is 15.1. The topological polar surface area (TPSA) is 77.9 Å². The third kappa shape index (κ3) is 4.51. The van der Waals surface area contributed by atoms with Gasteiger partial charge in [-0.1, -0.05) is 23.9 Å². The second-order valence-electron chi connectivity index (χ2n) is 5.63. The van der Waals surface area contributed by atoms with Gasteiger partial charge in [-0.3, -0.25) is 4.79 Å². The van der Waals surface area contributed by atoms with Crippen LogP contribution in [-0.2, 0) is 16.1 Å². The summed E-state index contributed by atoms with van der Waals surface area (Å²) in [5, 5.41) is 0.580. The van der Waals surface area contributed by atoms with Crippen molar-refractivity contribution in [3.63, 3.8) is 0 Å². The van der Waals surface area contributed by atoms with Crippen molar-refractivity contribution in [1.29, 1.82) is 0 Å². The van der Waals surface area contributed by atoms with Crippen LogP contribution in [0.15, 0.2) is 35.5 Å². The Bertz CT molecular complexity index is 910. The Morgan fingerprint density at radius 2 is 1.64 bits per heavy atom. The number of aryl methyl sites for hydroxylation is 3. The maximum absolute atomic E-state index is 12.0. The highest BCUT2D eigenvalue weighted by Gasteiger charge is 2.10. The second-order valence-corrected chi connectivity index (χ2v) is 6.57. The second kappa shape index (κ2) is 7.57. The molecule has 0 atom stereocenters. The van der Waals surface area contributed by atoms with Crippen LogP contribution in [0.25, 0.3) is 11.0 Å². The van der Waals surface area contributed by atoms with Gasteiger partial charge in [0.15, 0.2) is 5.16 Å². The van der Waals surface area contributed by atoms with E-state index in [1.54, 1.807) is 0 Å². The van der Waals surface area contributed by atoms with Crippen molar-refractivity contribution in [2.75, 3.05) is 5.75 Å². The van der Waals surface area contributed by atoms with E-state index in [0.29, 0.717) is 10.9 Å². The number of esters is 1. The summed E-state index contributed by atoms with van der Waals surface area (Å²) in [6.07, 6.45) is 0. The van der Waals surface area contributed by atoms with Crippen molar-refractivity contribution in [2.45, 2.75) is 32.5 Å². The molecule has 3 aromatic rings. The number of rotatable bonds is 5. The first-order valence-corrected chi connectivity index (χ1v) is 8.83. The van der Waals surface area contributed by atoms with Crippen molar-refractivity contribution in [3.8, 4) is 0 Å². The number of fused-ring (bicyclic) bond motifs is 1. The van der Waals surface area contributed by atoms with Crippen LogP contribution in [0.5, 0.6) is 0 Å². The van der Waals surface area contributed by atoms with Crippen molar-refractivity contribution < 1.29 is 9.53 Å². The quantitative estimate of drug-likeness (QED) is 0.395. The Hall–Kier alpha value is -2.54. The van der Waals surface area contributed by atoms with Gasteiger partial charge in [-0.05, 0) is 39.0 Å². The summed E-state index contributed by atoms with van der Waals surface area (Å²) in [6, 6.07) is 9.51. The molecule has 7 heteroatoms. The molecule has 0 aliphatic heterocycles. The molecule has 0 saturated carbocycles. The summed E-state index contributed by atoms with van der Waals surface area (Å²) < 4.78 is 5.32. The molecule has 0 unspecified atom stereocenters. The smallest absolute Gasteiger partial charge is 0.316 e. The third-order valence-electron chi connectivity index (χ3n) is 3.49. The first kappa shape index (κ1) is 17.3. The molecule has 25 heavy (non-hydrogen) atoms. The molecule has 2 heterocycles. The van der Waals surface area contributed by atoms with Crippen LogP contribution in [-0.4, -0.2) is 31.7 Å². The van der Waals surface area contributed by atoms with Gasteiger partial charge in [0, 0.05) is 11.4 Å². The van der Waals surface area contributed by atoms with Gasteiger partial charge < -0.3 is 4.74 Å². The molecule has 0 aliphatic carbocycles. The van der Waals surface area contributed by atoms with E-state index < -0.39 is 0 Å². The SMILES string of the molecule is Cc1cc(C)nc(SCC(=O)OCc2nc3ccccc3nc2C)n1. The molecule has 0 fully saturated rings. The average Bonchev–Trinajstić information content (AvgIpc) is 2.57. The summed E-state index contributed by atoms with van der Waals surface area (Å²) in [7, 11) is 0. The van der Waals surface area contributed by atoms with Crippen LogP contribution in [0.3, 0.4) is 0 Å². The average molecular weight is 354 g/mol. The highest BCUT2D eigenvalue weighted by Crippen LogP contribution is 2.16. The van der Waals surface area contributed by atoms with E-state index in [2.05, 4.69) is 19.9 Å². The minimum absolute atomic E-state index is 0.108. The Morgan fingerprint density at radius 3 is 2.32 bits per heavy atom. The summed E-state index contributed by atoms with van der Waals surface area (Å²) >= 11 is 1.27. The van der Waals surface area contributed by atoms with Gasteiger partial charge in [-0.25, -0.2) is 19.9 Å². The minimum Gasteiger partial charge on any atom is -0.458 e. The van der Waals surface area contributed by atoms with Crippen LogP contribution in [0.4, 0.5) is 0 Å². The largest absolute Gasteiger partial charge is 0.458 e. The number of carbonyl (C=O) groups is 1. The molecule has 3 rings (SSSR count). The summed E-state index contributed by atoms with van der Waals surface area (Å²) in [5.74, 6) is -0.176. The van der Waals surface area contributed by atoms with Crippen LogP contribution in [0, 0.1) is 20.8 Å². The van der Waals surface area contributed by atoms with Gasteiger partial charge in [0.25, 0.3) is 0 Å². The van der Waals surface area contributed by atoms with E-state index in [9.17, 15) is 4.79 Å². The number of aromatic nitrogens is 4.